The summed E-state index contributed by atoms with van der Waals surface area (Å²) in [4.78, 5) is 25.3. The second-order valence-electron chi connectivity index (χ2n) is 5.07. The van der Waals surface area contributed by atoms with Gasteiger partial charge in [0.2, 0.25) is 0 Å². The summed E-state index contributed by atoms with van der Waals surface area (Å²) in [7, 11) is 0. The van der Waals surface area contributed by atoms with Crippen molar-refractivity contribution in [3.63, 3.8) is 0 Å². The summed E-state index contributed by atoms with van der Waals surface area (Å²) in [6.07, 6.45) is 1.74. The van der Waals surface area contributed by atoms with Crippen LogP contribution in [0.1, 0.15) is 38.3 Å². The molecule has 3 atom stereocenters. The fraction of sp³-hybridized carbons (Fsp3) is 0.571. The fourth-order valence-corrected chi connectivity index (χ4v) is 4.63. The maximum absolute atomic E-state index is 12.5. The number of thiophene rings is 1. The van der Waals surface area contributed by atoms with E-state index in [1.54, 1.807) is 23.1 Å². The van der Waals surface area contributed by atoms with E-state index in [1.807, 2.05) is 30.7 Å². The SMILES string of the molecule is CCCC1SCC(C(=O)O)N1C(=O)NC(C)c1ccsc1. The molecule has 116 valence electrons. The van der Waals surface area contributed by atoms with E-state index >= 15 is 0 Å². The van der Waals surface area contributed by atoms with Gasteiger partial charge in [-0.05, 0) is 35.7 Å². The van der Waals surface area contributed by atoms with Crippen LogP contribution in [0.15, 0.2) is 16.8 Å². The Labute approximate surface area is 132 Å². The number of nitrogens with zero attached hydrogens (tertiary/aromatic N) is 1. The number of aliphatic carboxylic acids is 1. The van der Waals surface area contributed by atoms with Gasteiger partial charge in [0.25, 0.3) is 0 Å². The van der Waals surface area contributed by atoms with E-state index in [-0.39, 0.29) is 17.4 Å². The van der Waals surface area contributed by atoms with Crippen molar-refractivity contribution in [1.29, 1.82) is 0 Å². The molecule has 0 aliphatic carbocycles. The molecule has 3 unspecified atom stereocenters. The van der Waals surface area contributed by atoms with Crippen LogP contribution in [0.4, 0.5) is 4.79 Å². The third kappa shape index (κ3) is 3.71. The van der Waals surface area contributed by atoms with Gasteiger partial charge in [0, 0.05) is 5.75 Å². The molecular formula is C14H20N2O3S2. The fourth-order valence-electron chi connectivity index (χ4n) is 2.36. The molecule has 0 spiro atoms. The van der Waals surface area contributed by atoms with Crippen molar-refractivity contribution >= 4 is 35.1 Å². The molecule has 0 saturated carbocycles. The normalized spacial score (nSPS) is 23.0. The third-order valence-electron chi connectivity index (χ3n) is 3.53. The van der Waals surface area contributed by atoms with Crippen molar-refractivity contribution < 1.29 is 14.7 Å². The van der Waals surface area contributed by atoms with E-state index in [1.165, 1.54) is 4.90 Å². The molecule has 0 radical (unpaired) electrons. The van der Waals surface area contributed by atoms with Crippen LogP contribution < -0.4 is 5.32 Å². The summed E-state index contributed by atoms with van der Waals surface area (Å²) in [5, 5.41) is 16.1. The van der Waals surface area contributed by atoms with Crippen LogP contribution in [0.5, 0.6) is 0 Å². The maximum atomic E-state index is 12.5. The first-order chi connectivity index (χ1) is 10.0. The molecule has 1 fully saturated rings. The van der Waals surface area contributed by atoms with Gasteiger partial charge >= 0.3 is 12.0 Å². The zero-order chi connectivity index (χ0) is 15.4. The number of hydrogen-bond donors (Lipinski definition) is 2. The summed E-state index contributed by atoms with van der Waals surface area (Å²) in [5.74, 6) is -0.472. The average molecular weight is 328 g/mol. The summed E-state index contributed by atoms with van der Waals surface area (Å²) >= 11 is 3.13. The molecule has 2 N–H and O–H groups in total. The van der Waals surface area contributed by atoms with Gasteiger partial charge in [-0.15, -0.1) is 11.8 Å². The van der Waals surface area contributed by atoms with E-state index in [2.05, 4.69) is 5.32 Å². The van der Waals surface area contributed by atoms with E-state index in [4.69, 9.17) is 0 Å². The topological polar surface area (TPSA) is 69.6 Å². The number of carbonyl (C=O) groups excluding carboxylic acids is 1. The second kappa shape index (κ2) is 7.17. The predicted octanol–water partition coefficient (Wildman–Crippen LogP) is 3.15. The van der Waals surface area contributed by atoms with Gasteiger partial charge in [-0.2, -0.15) is 11.3 Å². The number of urea groups is 1. The molecule has 1 aliphatic rings. The number of carbonyl (C=O) groups is 2. The Morgan fingerprint density at radius 3 is 2.90 bits per heavy atom. The molecule has 0 aromatic carbocycles. The van der Waals surface area contributed by atoms with Gasteiger partial charge in [0.15, 0.2) is 0 Å². The van der Waals surface area contributed by atoms with Crippen molar-refractivity contribution in [2.75, 3.05) is 5.75 Å². The lowest BCUT2D eigenvalue weighted by Gasteiger charge is -2.28. The summed E-state index contributed by atoms with van der Waals surface area (Å²) in [6, 6.07) is 0.823. The highest BCUT2D eigenvalue weighted by molar-refractivity contribution is 8.00. The number of nitrogens with one attached hydrogen (secondary N) is 1. The van der Waals surface area contributed by atoms with Crippen LogP contribution in [-0.2, 0) is 4.79 Å². The lowest BCUT2D eigenvalue weighted by atomic mass is 10.2. The monoisotopic (exact) mass is 328 g/mol. The summed E-state index contributed by atoms with van der Waals surface area (Å²) < 4.78 is 0. The molecule has 2 amide bonds. The minimum absolute atomic E-state index is 0.0502. The molecule has 7 heteroatoms. The van der Waals surface area contributed by atoms with Crippen LogP contribution >= 0.6 is 23.1 Å². The van der Waals surface area contributed by atoms with Gasteiger partial charge in [0.1, 0.15) is 6.04 Å². The van der Waals surface area contributed by atoms with Crippen molar-refractivity contribution in [1.82, 2.24) is 10.2 Å². The van der Waals surface area contributed by atoms with Crippen LogP contribution in [-0.4, -0.2) is 39.2 Å². The van der Waals surface area contributed by atoms with Gasteiger partial charge < -0.3 is 10.4 Å². The van der Waals surface area contributed by atoms with Crippen LogP contribution in [0.25, 0.3) is 0 Å². The number of rotatable bonds is 5. The Kier molecular flexibility index (Phi) is 5.52. The van der Waals surface area contributed by atoms with E-state index in [0.717, 1.165) is 18.4 Å². The molecule has 21 heavy (non-hydrogen) atoms. The lowest BCUT2D eigenvalue weighted by molar-refractivity contribution is -0.141. The number of carboxylic acids is 1. The molecule has 1 aliphatic heterocycles. The minimum atomic E-state index is -0.931. The molecule has 5 nitrogen and oxygen atoms in total. The quantitative estimate of drug-likeness (QED) is 0.871. The predicted molar refractivity (Wildman–Crippen MR) is 85.7 cm³/mol. The minimum Gasteiger partial charge on any atom is -0.480 e. The summed E-state index contributed by atoms with van der Waals surface area (Å²) in [5.41, 5.74) is 1.04. The Balaban J connectivity index is 2.07. The van der Waals surface area contributed by atoms with E-state index < -0.39 is 12.0 Å². The smallest absolute Gasteiger partial charge is 0.327 e. The standard InChI is InChI=1S/C14H20N2O3S2/c1-3-4-12-16(11(8-21-12)13(17)18)14(19)15-9(2)10-5-6-20-7-10/h5-7,9,11-12H,3-4,8H2,1-2H3,(H,15,19)(H,17,18). The lowest BCUT2D eigenvalue weighted by Crippen LogP contribution is -2.50. The Bertz CT molecular complexity index is 492. The highest BCUT2D eigenvalue weighted by Gasteiger charge is 2.41. The molecule has 1 aromatic heterocycles. The zero-order valence-corrected chi connectivity index (χ0v) is 13.7. The van der Waals surface area contributed by atoms with E-state index in [0.29, 0.717) is 5.75 Å². The molecular weight excluding hydrogens is 308 g/mol. The largest absolute Gasteiger partial charge is 0.480 e. The molecule has 1 saturated heterocycles. The van der Waals surface area contributed by atoms with Gasteiger partial charge in [-0.3, -0.25) is 4.90 Å². The first-order valence-electron chi connectivity index (χ1n) is 7.00. The van der Waals surface area contributed by atoms with Crippen LogP contribution in [0, 0.1) is 0 Å². The first kappa shape index (κ1) is 16.2. The molecule has 0 bridgehead atoms. The van der Waals surface area contributed by atoms with E-state index in [9.17, 15) is 14.7 Å². The van der Waals surface area contributed by atoms with Crippen LogP contribution in [0.2, 0.25) is 0 Å². The van der Waals surface area contributed by atoms with Crippen molar-refractivity contribution in [2.24, 2.45) is 0 Å². The number of carboxylic acid groups (broad SMARTS) is 1. The summed E-state index contributed by atoms with van der Waals surface area (Å²) in [6.45, 7) is 3.95. The number of amides is 2. The van der Waals surface area contributed by atoms with Gasteiger partial charge in [0.05, 0.1) is 11.4 Å². The Morgan fingerprint density at radius 2 is 2.33 bits per heavy atom. The molecule has 2 heterocycles. The highest BCUT2D eigenvalue weighted by atomic mass is 32.2. The second-order valence-corrected chi connectivity index (χ2v) is 7.06. The highest BCUT2D eigenvalue weighted by Crippen LogP contribution is 2.32. The van der Waals surface area contributed by atoms with Crippen molar-refractivity contribution in [3.8, 4) is 0 Å². The zero-order valence-electron chi connectivity index (χ0n) is 12.1. The number of hydrogen-bond acceptors (Lipinski definition) is 4. The number of thioether (sulfide) groups is 1. The van der Waals surface area contributed by atoms with Crippen molar-refractivity contribution in [2.45, 2.75) is 44.1 Å². The Hall–Kier alpha value is -1.21. The maximum Gasteiger partial charge on any atom is 0.327 e. The average Bonchev–Trinajstić information content (AvgIpc) is 3.08. The Morgan fingerprint density at radius 1 is 1.57 bits per heavy atom. The van der Waals surface area contributed by atoms with Crippen LogP contribution in [0.3, 0.4) is 0 Å². The first-order valence-corrected chi connectivity index (χ1v) is 8.99. The molecule has 2 rings (SSSR count). The molecule has 1 aromatic rings. The third-order valence-corrected chi connectivity index (χ3v) is 5.59. The van der Waals surface area contributed by atoms with Gasteiger partial charge in [-0.1, -0.05) is 13.3 Å². The van der Waals surface area contributed by atoms with Gasteiger partial charge in [-0.25, -0.2) is 9.59 Å². The van der Waals surface area contributed by atoms with Crippen molar-refractivity contribution in [3.05, 3.63) is 22.4 Å².